The third-order valence-electron chi connectivity index (χ3n) is 3.09. The number of carbonyl (C=O) groups is 1. The summed E-state index contributed by atoms with van der Waals surface area (Å²) >= 11 is 5.84. The molecule has 0 saturated carbocycles. The predicted octanol–water partition coefficient (Wildman–Crippen LogP) is 1.74. The first-order valence-electron chi connectivity index (χ1n) is 6.40. The van der Waals surface area contributed by atoms with Crippen molar-refractivity contribution in [1.82, 2.24) is 4.31 Å². The van der Waals surface area contributed by atoms with Gasteiger partial charge in [0.2, 0.25) is 10.0 Å². The van der Waals surface area contributed by atoms with Crippen LogP contribution in [0.2, 0.25) is 5.02 Å². The summed E-state index contributed by atoms with van der Waals surface area (Å²) in [6.45, 7) is 3.36. The van der Waals surface area contributed by atoms with Crippen LogP contribution in [0, 0.1) is 6.92 Å². The van der Waals surface area contributed by atoms with E-state index in [0.29, 0.717) is 6.42 Å². The lowest BCUT2D eigenvalue weighted by Gasteiger charge is -2.22. The summed E-state index contributed by atoms with van der Waals surface area (Å²) in [6.07, 6.45) is 0.304. The smallest absolute Gasteiger partial charge is 0.336 e. The number of halogens is 1. The van der Waals surface area contributed by atoms with E-state index in [-0.39, 0.29) is 40.7 Å². The van der Waals surface area contributed by atoms with E-state index in [0.717, 1.165) is 0 Å². The summed E-state index contributed by atoms with van der Waals surface area (Å²) in [5, 5.41) is 18.0. The monoisotopic (exact) mass is 335 g/mol. The van der Waals surface area contributed by atoms with E-state index in [1.807, 2.05) is 0 Å². The highest BCUT2D eigenvalue weighted by Gasteiger charge is 2.27. The number of aromatic carboxylic acids is 1. The quantitative estimate of drug-likeness (QED) is 0.791. The highest BCUT2D eigenvalue weighted by atomic mass is 35.5. The first-order valence-corrected chi connectivity index (χ1v) is 8.22. The van der Waals surface area contributed by atoms with E-state index in [1.54, 1.807) is 6.92 Å². The maximum atomic E-state index is 12.6. The van der Waals surface area contributed by atoms with E-state index in [2.05, 4.69) is 0 Å². The van der Waals surface area contributed by atoms with Crippen LogP contribution in [0.4, 0.5) is 0 Å². The average molecular weight is 336 g/mol. The summed E-state index contributed by atoms with van der Waals surface area (Å²) in [7, 11) is -3.86. The molecule has 1 aromatic rings. The van der Waals surface area contributed by atoms with Crippen molar-refractivity contribution in [3.63, 3.8) is 0 Å². The Morgan fingerprint density at radius 3 is 2.48 bits per heavy atom. The largest absolute Gasteiger partial charge is 0.478 e. The number of aliphatic hydroxyl groups excluding tert-OH is 1. The van der Waals surface area contributed by atoms with Crippen LogP contribution in [0.1, 0.15) is 29.3 Å². The number of carboxylic acids is 1. The second-order valence-electron chi connectivity index (χ2n) is 4.46. The highest BCUT2D eigenvalue weighted by molar-refractivity contribution is 7.89. The molecule has 0 heterocycles. The van der Waals surface area contributed by atoms with Gasteiger partial charge in [-0.05, 0) is 31.0 Å². The molecule has 8 heteroatoms. The summed E-state index contributed by atoms with van der Waals surface area (Å²) in [6, 6.07) is 2.47. The van der Waals surface area contributed by atoms with Gasteiger partial charge in [-0.2, -0.15) is 4.31 Å². The Morgan fingerprint density at radius 1 is 1.38 bits per heavy atom. The molecule has 0 aliphatic rings. The van der Waals surface area contributed by atoms with E-state index < -0.39 is 16.0 Å². The Hall–Kier alpha value is -1.15. The van der Waals surface area contributed by atoms with Crippen LogP contribution in [-0.4, -0.2) is 48.6 Å². The summed E-state index contributed by atoms with van der Waals surface area (Å²) in [5.74, 6) is -1.23. The van der Waals surface area contributed by atoms with Crippen molar-refractivity contribution >= 4 is 27.6 Å². The first-order chi connectivity index (χ1) is 9.75. The molecule has 0 aliphatic carbocycles. The molecule has 0 radical (unpaired) electrons. The SMILES string of the molecule is CCN(CCCO)S(=O)(=O)c1cc(Cl)cc(C(=O)O)c1C. The van der Waals surface area contributed by atoms with E-state index >= 15 is 0 Å². The molecule has 1 rings (SSSR count). The second-order valence-corrected chi connectivity index (χ2v) is 6.80. The van der Waals surface area contributed by atoms with Crippen molar-refractivity contribution in [2.75, 3.05) is 19.7 Å². The molecule has 0 aliphatic heterocycles. The predicted molar refractivity (Wildman–Crippen MR) is 79.3 cm³/mol. The van der Waals surface area contributed by atoms with Gasteiger partial charge in [0.05, 0.1) is 10.5 Å². The van der Waals surface area contributed by atoms with E-state index in [4.69, 9.17) is 21.8 Å². The lowest BCUT2D eigenvalue weighted by atomic mass is 10.1. The van der Waals surface area contributed by atoms with Crippen molar-refractivity contribution in [2.24, 2.45) is 0 Å². The zero-order valence-electron chi connectivity index (χ0n) is 11.8. The first kappa shape index (κ1) is 17.9. The summed E-state index contributed by atoms with van der Waals surface area (Å²) in [4.78, 5) is 11.0. The Labute approximate surface area is 129 Å². The number of hydrogen-bond donors (Lipinski definition) is 2. The van der Waals surface area contributed by atoms with Gasteiger partial charge < -0.3 is 10.2 Å². The molecule has 2 N–H and O–H groups in total. The van der Waals surface area contributed by atoms with Gasteiger partial charge in [-0.1, -0.05) is 18.5 Å². The third kappa shape index (κ3) is 3.94. The topological polar surface area (TPSA) is 94.9 Å². The standard InChI is InChI=1S/C13H18ClNO5S/c1-3-15(5-4-6-16)21(19,20)12-8-10(14)7-11(9(12)2)13(17)18/h7-8,16H,3-6H2,1-2H3,(H,17,18). The fourth-order valence-corrected chi connectivity index (χ4v) is 4.02. The molecule has 0 amide bonds. The molecule has 0 unspecified atom stereocenters. The van der Waals surface area contributed by atoms with Crippen LogP contribution in [0.15, 0.2) is 17.0 Å². The molecular weight excluding hydrogens is 318 g/mol. The minimum atomic E-state index is -3.86. The van der Waals surface area contributed by atoms with Gasteiger partial charge in [0.1, 0.15) is 0 Å². The number of nitrogens with zero attached hydrogens (tertiary/aromatic N) is 1. The zero-order valence-corrected chi connectivity index (χ0v) is 13.4. The Balaban J connectivity index is 3.40. The molecule has 6 nitrogen and oxygen atoms in total. The van der Waals surface area contributed by atoms with Crippen LogP contribution < -0.4 is 0 Å². The third-order valence-corrected chi connectivity index (χ3v) is 5.41. The Kier molecular flexibility index (Phi) is 6.15. The van der Waals surface area contributed by atoms with Crippen molar-refractivity contribution in [3.8, 4) is 0 Å². The lowest BCUT2D eigenvalue weighted by molar-refractivity contribution is 0.0696. The van der Waals surface area contributed by atoms with Crippen molar-refractivity contribution < 1.29 is 23.4 Å². The number of aliphatic hydroxyl groups is 1. The Bertz CT molecular complexity index is 630. The van der Waals surface area contributed by atoms with Gasteiger partial charge in [0.15, 0.2) is 0 Å². The number of carboxylic acid groups (broad SMARTS) is 1. The molecule has 1 aromatic carbocycles. The molecule has 118 valence electrons. The van der Waals surface area contributed by atoms with Crippen molar-refractivity contribution in [3.05, 3.63) is 28.3 Å². The van der Waals surface area contributed by atoms with E-state index in [1.165, 1.54) is 23.4 Å². The normalized spacial score (nSPS) is 11.9. The fourth-order valence-electron chi connectivity index (χ4n) is 1.98. The van der Waals surface area contributed by atoms with E-state index in [9.17, 15) is 13.2 Å². The molecule has 0 saturated heterocycles. The Morgan fingerprint density at radius 2 is 2.00 bits per heavy atom. The number of benzene rings is 1. The van der Waals surface area contributed by atoms with Crippen molar-refractivity contribution in [2.45, 2.75) is 25.2 Å². The minimum absolute atomic E-state index is 0.0507. The fraction of sp³-hybridized carbons (Fsp3) is 0.462. The number of hydrogen-bond acceptors (Lipinski definition) is 4. The van der Waals surface area contributed by atoms with Crippen LogP contribution in [-0.2, 0) is 10.0 Å². The number of rotatable bonds is 7. The van der Waals surface area contributed by atoms with Gasteiger partial charge in [-0.15, -0.1) is 0 Å². The van der Waals surface area contributed by atoms with Gasteiger partial charge in [-0.25, -0.2) is 13.2 Å². The molecule has 0 spiro atoms. The average Bonchev–Trinajstić information content (AvgIpc) is 2.41. The molecule has 0 aromatic heterocycles. The molecule has 0 atom stereocenters. The maximum absolute atomic E-state index is 12.6. The van der Waals surface area contributed by atoms with Crippen molar-refractivity contribution in [1.29, 1.82) is 0 Å². The molecular formula is C13H18ClNO5S. The van der Waals surface area contributed by atoms with Gasteiger partial charge in [0, 0.05) is 24.7 Å². The van der Waals surface area contributed by atoms with Crippen LogP contribution in [0.5, 0.6) is 0 Å². The maximum Gasteiger partial charge on any atom is 0.336 e. The summed E-state index contributed by atoms with van der Waals surface area (Å²) < 4.78 is 26.4. The molecule has 21 heavy (non-hydrogen) atoms. The van der Waals surface area contributed by atoms with Crippen LogP contribution in [0.25, 0.3) is 0 Å². The molecule has 0 fully saturated rings. The second kappa shape index (κ2) is 7.22. The number of sulfonamides is 1. The zero-order chi connectivity index (χ0) is 16.2. The highest BCUT2D eigenvalue weighted by Crippen LogP contribution is 2.27. The van der Waals surface area contributed by atoms with Crippen LogP contribution >= 0.6 is 11.6 Å². The van der Waals surface area contributed by atoms with Crippen LogP contribution in [0.3, 0.4) is 0 Å². The van der Waals surface area contributed by atoms with Gasteiger partial charge in [-0.3, -0.25) is 0 Å². The van der Waals surface area contributed by atoms with Gasteiger partial charge in [0.25, 0.3) is 0 Å². The molecule has 0 bridgehead atoms. The minimum Gasteiger partial charge on any atom is -0.478 e. The van der Waals surface area contributed by atoms with Gasteiger partial charge >= 0.3 is 5.97 Å². The summed E-state index contributed by atoms with van der Waals surface area (Å²) in [5.41, 5.74) is 0.00800. The lowest BCUT2D eigenvalue weighted by Crippen LogP contribution is -2.33.